The Morgan fingerprint density at radius 2 is 2.11 bits per heavy atom. The van der Waals surface area contributed by atoms with Crippen LogP contribution < -0.4 is 0 Å². The summed E-state index contributed by atoms with van der Waals surface area (Å²) in [6, 6.07) is 9.19. The van der Waals surface area contributed by atoms with Gasteiger partial charge in [-0.2, -0.15) is 4.37 Å². The maximum Gasteiger partial charge on any atom is 0.200 e. The standard InChI is InChI=1S/C12H10N2OS3/c1-16-11-13-12(18-14-11)17-8-7-10(15)9-5-3-2-4-6-9/h2-8H,1H3/b8-7-. The summed E-state index contributed by atoms with van der Waals surface area (Å²) in [6.45, 7) is 0. The third-order valence-corrected chi connectivity index (χ3v) is 4.27. The molecule has 0 aliphatic carbocycles. The Hall–Kier alpha value is -1.11. The third kappa shape index (κ3) is 3.69. The third-order valence-electron chi connectivity index (χ3n) is 2.02. The smallest absolute Gasteiger partial charge is 0.200 e. The molecule has 0 saturated heterocycles. The number of carbonyl (C=O) groups excluding carboxylic acids is 1. The Labute approximate surface area is 118 Å². The van der Waals surface area contributed by atoms with E-state index in [9.17, 15) is 4.79 Å². The SMILES string of the molecule is CSc1nsc(S/C=C\C(=O)c2ccccc2)n1. The Morgan fingerprint density at radius 3 is 2.78 bits per heavy atom. The number of rotatable bonds is 5. The fraction of sp³-hybridized carbons (Fsp3) is 0.0833. The van der Waals surface area contributed by atoms with Crippen molar-refractivity contribution in [2.45, 2.75) is 9.50 Å². The number of nitrogens with zero attached hydrogens (tertiary/aromatic N) is 2. The minimum atomic E-state index is -0.00212. The fourth-order valence-corrected chi connectivity index (χ4v) is 3.11. The zero-order valence-corrected chi connectivity index (χ0v) is 12.0. The van der Waals surface area contributed by atoms with Gasteiger partial charge in [-0.15, -0.1) is 0 Å². The molecule has 92 valence electrons. The van der Waals surface area contributed by atoms with Crippen LogP contribution in [0.4, 0.5) is 0 Å². The van der Waals surface area contributed by atoms with Gasteiger partial charge in [0.05, 0.1) is 0 Å². The molecule has 0 radical (unpaired) electrons. The number of allylic oxidation sites excluding steroid dienone is 1. The molecule has 2 aromatic rings. The first-order chi connectivity index (χ1) is 8.79. The maximum atomic E-state index is 11.8. The van der Waals surface area contributed by atoms with Crippen LogP contribution >= 0.6 is 35.1 Å². The number of hydrogen-bond donors (Lipinski definition) is 0. The number of hydrogen-bond acceptors (Lipinski definition) is 6. The molecular weight excluding hydrogens is 284 g/mol. The molecule has 0 bridgehead atoms. The number of benzene rings is 1. The Morgan fingerprint density at radius 1 is 1.33 bits per heavy atom. The molecule has 2 rings (SSSR count). The molecule has 0 saturated carbocycles. The number of carbonyl (C=O) groups is 1. The van der Waals surface area contributed by atoms with Crippen molar-refractivity contribution in [1.82, 2.24) is 9.36 Å². The van der Waals surface area contributed by atoms with Gasteiger partial charge in [-0.25, -0.2) is 4.98 Å². The van der Waals surface area contributed by atoms with Crippen LogP contribution in [-0.2, 0) is 0 Å². The van der Waals surface area contributed by atoms with E-state index in [-0.39, 0.29) is 5.78 Å². The number of aromatic nitrogens is 2. The van der Waals surface area contributed by atoms with E-state index in [1.54, 1.807) is 23.6 Å². The summed E-state index contributed by atoms with van der Waals surface area (Å²) in [5, 5.41) is 2.52. The first-order valence-electron chi connectivity index (χ1n) is 5.10. The molecule has 1 aromatic carbocycles. The molecule has 0 aliphatic heterocycles. The monoisotopic (exact) mass is 294 g/mol. The first kappa shape index (κ1) is 13.3. The van der Waals surface area contributed by atoms with Gasteiger partial charge in [0.25, 0.3) is 0 Å². The van der Waals surface area contributed by atoms with Gasteiger partial charge >= 0.3 is 0 Å². The van der Waals surface area contributed by atoms with E-state index in [0.29, 0.717) is 5.56 Å². The van der Waals surface area contributed by atoms with Crippen LogP contribution in [0.25, 0.3) is 0 Å². The highest BCUT2D eigenvalue weighted by atomic mass is 32.2. The lowest BCUT2D eigenvalue weighted by Crippen LogP contribution is -1.92. The molecule has 1 aromatic heterocycles. The summed E-state index contributed by atoms with van der Waals surface area (Å²) in [6.07, 6.45) is 3.49. The second kappa shape index (κ2) is 6.72. The van der Waals surface area contributed by atoms with Crippen LogP contribution in [0, 0.1) is 0 Å². The van der Waals surface area contributed by atoms with Gasteiger partial charge in [-0.05, 0) is 29.3 Å². The summed E-state index contributed by atoms with van der Waals surface area (Å²) < 4.78 is 4.99. The van der Waals surface area contributed by atoms with Gasteiger partial charge in [-0.3, -0.25) is 4.79 Å². The molecule has 0 amide bonds. The summed E-state index contributed by atoms with van der Waals surface area (Å²) in [7, 11) is 0. The highest BCUT2D eigenvalue weighted by Crippen LogP contribution is 2.24. The number of ketones is 1. The van der Waals surface area contributed by atoms with Crippen molar-refractivity contribution in [1.29, 1.82) is 0 Å². The van der Waals surface area contributed by atoms with Gasteiger partial charge in [-0.1, -0.05) is 53.9 Å². The minimum absolute atomic E-state index is 0.00212. The lowest BCUT2D eigenvalue weighted by atomic mass is 10.1. The van der Waals surface area contributed by atoms with Gasteiger partial charge < -0.3 is 0 Å². The van der Waals surface area contributed by atoms with Crippen LogP contribution in [0.5, 0.6) is 0 Å². The topological polar surface area (TPSA) is 42.9 Å². The highest BCUT2D eigenvalue weighted by molar-refractivity contribution is 8.03. The molecule has 0 atom stereocenters. The summed E-state index contributed by atoms with van der Waals surface area (Å²) in [4.78, 5) is 16.0. The Bertz CT molecular complexity index is 551. The van der Waals surface area contributed by atoms with E-state index in [0.717, 1.165) is 9.50 Å². The molecule has 1 heterocycles. The molecular formula is C12H10N2OS3. The molecule has 0 fully saturated rings. The molecule has 0 aliphatic rings. The van der Waals surface area contributed by atoms with E-state index >= 15 is 0 Å². The van der Waals surface area contributed by atoms with Crippen molar-refractivity contribution in [2.75, 3.05) is 6.26 Å². The quantitative estimate of drug-likeness (QED) is 0.477. The van der Waals surface area contributed by atoms with Crippen molar-refractivity contribution in [3.05, 3.63) is 47.4 Å². The van der Waals surface area contributed by atoms with Crippen molar-refractivity contribution in [2.24, 2.45) is 0 Å². The summed E-state index contributed by atoms with van der Waals surface area (Å²) >= 11 is 4.26. The predicted molar refractivity (Wildman–Crippen MR) is 77.5 cm³/mol. The van der Waals surface area contributed by atoms with Crippen LogP contribution in [0.2, 0.25) is 0 Å². The minimum Gasteiger partial charge on any atom is -0.289 e. The van der Waals surface area contributed by atoms with Crippen molar-refractivity contribution in [3.8, 4) is 0 Å². The van der Waals surface area contributed by atoms with Crippen LogP contribution in [0.1, 0.15) is 10.4 Å². The number of thioether (sulfide) groups is 2. The molecule has 0 spiro atoms. The lowest BCUT2D eigenvalue weighted by Gasteiger charge is -1.93. The van der Waals surface area contributed by atoms with Gasteiger partial charge in [0.1, 0.15) is 0 Å². The van der Waals surface area contributed by atoms with Crippen LogP contribution in [0.3, 0.4) is 0 Å². The zero-order chi connectivity index (χ0) is 12.8. The van der Waals surface area contributed by atoms with Crippen molar-refractivity contribution < 1.29 is 4.79 Å². The van der Waals surface area contributed by atoms with E-state index < -0.39 is 0 Å². The van der Waals surface area contributed by atoms with E-state index in [1.807, 2.05) is 24.5 Å². The van der Waals surface area contributed by atoms with Gasteiger partial charge in [0.15, 0.2) is 10.1 Å². The zero-order valence-electron chi connectivity index (χ0n) is 9.57. The Balaban J connectivity index is 1.93. The van der Waals surface area contributed by atoms with Crippen molar-refractivity contribution >= 4 is 40.8 Å². The normalized spacial score (nSPS) is 10.9. The average molecular weight is 294 g/mol. The second-order valence-electron chi connectivity index (χ2n) is 3.20. The largest absolute Gasteiger partial charge is 0.289 e. The molecule has 3 nitrogen and oxygen atoms in total. The van der Waals surface area contributed by atoms with Crippen molar-refractivity contribution in [3.63, 3.8) is 0 Å². The highest BCUT2D eigenvalue weighted by Gasteiger charge is 2.02. The van der Waals surface area contributed by atoms with E-state index in [4.69, 9.17) is 0 Å². The molecule has 18 heavy (non-hydrogen) atoms. The summed E-state index contributed by atoms with van der Waals surface area (Å²) in [5.41, 5.74) is 0.691. The van der Waals surface area contributed by atoms with Crippen LogP contribution in [0.15, 0.2) is 51.3 Å². The molecule has 0 N–H and O–H groups in total. The predicted octanol–water partition coefficient (Wildman–Crippen LogP) is 3.75. The van der Waals surface area contributed by atoms with Gasteiger partial charge in [0, 0.05) is 5.56 Å². The maximum absolute atomic E-state index is 11.8. The van der Waals surface area contributed by atoms with Gasteiger partial charge in [0.2, 0.25) is 5.16 Å². The molecule has 6 heteroatoms. The summed E-state index contributed by atoms with van der Waals surface area (Å²) in [5.74, 6) is -0.00212. The fourth-order valence-electron chi connectivity index (χ4n) is 1.18. The Kier molecular flexibility index (Phi) is 4.98. The second-order valence-corrected chi connectivity index (χ2v) is 5.88. The lowest BCUT2D eigenvalue weighted by molar-refractivity contribution is 0.104. The van der Waals surface area contributed by atoms with Crippen LogP contribution in [-0.4, -0.2) is 21.4 Å². The van der Waals surface area contributed by atoms with E-state index in [2.05, 4.69) is 9.36 Å². The molecule has 0 unspecified atom stereocenters. The average Bonchev–Trinajstić information content (AvgIpc) is 2.87. The first-order valence-corrected chi connectivity index (χ1v) is 7.97. The van der Waals surface area contributed by atoms with E-state index in [1.165, 1.54) is 35.1 Å².